The number of sulfone groups is 1. The lowest BCUT2D eigenvalue weighted by molar-refractivity contribution is -0.134. The van der Waals surface area contributed by atoms with Gasteiger partial charge in [0, 0.05) is 24.3 Å². The van der Waals surface area contributed by atoms with Crippen LogP contribution in [0.5, 0.6) is 0 Å². The van der Waals surface area contributed by atoms with Crippen LogP contribution in [0.3, 0.4) is 0 Å². The minimum absolute atomic E-state index is 0.0973. The molecule has 1 aliphatic rings. The van der Waals surface area contributed by atoms with E-state index in [4.69, 9.17) is 0 Å². The van der Waals surface area contributed by atoms with Crippen LogP contribution in [0.15, 0.2) is 24.3 Å². The number of nitrogens with zero attached hydrogens (tertiary/aromatic N) is 2. The number of hydrogen-bond acceptors (Lipinski definition) is 8. The molecule has 0 N–H and O–H groups in total. The van der Waals surface area contributed by atoms with E-state index < -0.39 is 45.1 Å². The smallest absolute Gasteiger partial charge is 0.214 e. The molecule has 0 atom stereocenters. The topological polar surface area (TPSA) is 128 Å². The summed E-state index contributed by atoms with van der Waals surface area (Å²) in [6.07, 6.45) is 0.469. The van der Waals surface area contributed by atoms with E-state index in [0.29, 0.717) is 0 Å². The van der Waals surface area contributed by atoms with Gasteiger partial charge in [0.1, 0.15) is 11.4 Å². The maximum absolute atomic E-state index is 12.7. The molecular weight excluding hydrogens is 372 g/mol. The summed E-state index contributed by atoms with van der Waals surface area (Å²) in [5.74, 6) is -3.19. The number of carbonyl (C=O) groups excluding carboxylic acids is 4. The summed E-state index contributed by atoms with van der Waals surface area (Å²) < 4.78 is 23.4. The van der Waals surface area contributed by atoms with Crippen LogP contribution < -0.4 is 0 Å². The fourth-order valence-electron chi connectivity index (χ4n) is 2.74. The van der Waals surface area contributed by atoms with E-state index in [1.54, 1.807) is 12.1 Å². The van der Waals surface area contributed by atoms with E-state index >= 15 is 0 Å². The van der Waals surface area contributed by atoms with Crippen LogP contribution in [0.2, 0.25) is 0 Å². The van der Waals surface area contributed by atoms with Crippen LogP contribution in [0, 0.1) is 0 Å². The Bertz CT molecular complexity index is 1130. The Hall–Kier alpha value is -3.07. The molecule has 2 aromatic rings. The summed E-state index contributed by atoms with van der Waals surface area (Å²) in [4.78, 5) is 56.6. The molecule has 0 saturated carbocycles. The zero-order valence-electron chi connectivity index (χ0n) is 14.5. The summed E-state index contributed by atoms with van der Waals surface area (Å²) in [7, 11) is -3.57. The molecule has 0 fully saturated rings. The maximum atomic E-state index is 12.7. The molecule has 27 heavy (non-hydrogen) atoms. The molecule has 1 aliphatic carbocycles. The molecule has 0 saturated heterocycles. The van der Waals surface area contributed by atoms with Gasteiger partial charge in [0.05, 0.1) is 23.6 Å². The van der Waals surface area contributed by atoms with E-state index in [2.05, 4.69) is 9.97 Å². The van der Waals surface area contributed by atoms with Gasteiger partial charge in [-0.1, -0.05) is 24.3 Å². The number of Topliss-reactive ketones (excluding diaryl/α,β-unsaturated/α-hetero) is 2. The van der Waals surface area contributed by atoms with Gasteiger partial charge in [-0.25, -0.2) is 18.4 Å². The predicted molar refractivity (Wildman–Crippen MR) is 93.3 cm³/mol. The molecular formula is C18H14N2O6S. The lowest BCUT2D eigenvalue weighted by Crippen LogP contribution is -2.27. The molecule has 0 amide bonds. The summed E-state index contributed by atoms with van der Waals surface area (Å²) in [5.41, 5.74) is -0.406. The van der Waals surface area contributed by atoms with E-state index in [1.807, 2.05) is 0 Å². The van der Waals surface area contributed by atoms with E-state index in [-0.39, 0.29) is 33.9 Å². The average molecular weight is 386 g/mol. The Morgan fingerprint density at radius 3 is 1.85 bits per heavy atom. The summed E-state index contributed by atoms with van der Waals surface area (Å²) >= 11 is 0. The van der Waals surface area contributed by atoms with Crippen LogP contribution in [-0.2, 0) is 31.6 Å². The molecule has 0 radical (unpaired) electrons. The highest BCUT2D eigenvalue weighted by Gasteiger charge is 2.34. The standard InChI is InChI=1S/C18H14N2O6S/c1-9(21)14(22)7-12-13(8-27(2,25)26)20-16-15(19-12)17(23)10-5-3-4-6-11(10)18(16)24/h3-6H,7-8H2,1-2H3. The fraction of sp³-hybridized carbons (Fsp3) is 0.222. The third-order valence-electron chi connectivity index (χ3n) is 4.02. The average Bonchev–Trinajstić information content (AvgIpc) is 2.59. The van der Waals surface area contributed by atoms with Gasteiger partial charge in [-0.05, 0) is 0 Å². The van der Waals surface area contributed by atoms with Crippen LogP contribution in [0.4, 0.5) is 0 Å². The zero-order chi connectivity index (χ0) is 19.9. The molecule has 138 valence electrons. The van der Waals surface area contributed by atoms with Gasteiger partial charge in [0.25, 0.3) is 0 Å². The normalized spacial score (nSPS) is 13.1. The van der Waals surface area contributed by atoms with Crippen molar-refractivity contribution in [3.05, 3.63) is 58.2 Å². The Balaban J connectivity index is 2.21. The minimum Gasteiger partial charge on any atom is -0.291 e. The van der Waals surface area contributed by atoms with Gasteiger partial charge in [-0.15, -0.1) is 0 Å². The molecule has 1 aromatic heterocycles. The largest absolute Gasteiger partial charge is 0.291 e. The Morgan fingerprint density at radius 2 is 1.41 bits per heavy atom. The first kappa shape index (κ1) is 18.7. The van der Waals surface area contributed by atoms with Crippen molar-refractivity contribution in [3.63, 3.8) is 0 Å². The minimum atomic E-state index is -3.57. The first-order chi connectivity index (χ1) is 12.6. The highest BCUT2D eigenvalue weighted by Crippen LogP contribution is 2.26. The molecule has 0 unspecified atom stereocenters. The highest BCUT2D eigenvalue weighted by molar-refractivity contribution is 7.89. The van der Waals surface area contributed by atoms with Gasteiger partial charge < -0.3 is 0 Å². The van der Waals surface area contributed by atoms with Crippen molar-refractivity contribution in [2.75, 3.05) is 6.26 Å². The van der Waals surface area contributed by atoms with Crippen molar-refractivity contribution >= 4 is 33.0 Å². The molecule has 9 heteroatoms. The van der Waals surface area contributed by atoms with Crippen molar-refractivity contribution in [2.45, 2.75) is 19.1 Å². The summed E-state index contributed by atoms with van der Waals surface area (Å²) in [6, 6.07) is 6.15. The van der Waals surface area contributed by atoms with Crippen LogP contribution in [0.1, 0.15) is 50.4 Å². The van der Waals surface area contributed by atoms with E-state index in [0.717, 1.165) is 13.2 Å². The van der Waals surface area contributed by atoms with Gasteiger partial charge in [-0.3, -0.25) is 19.2 Å². The van der Waals surface area contributed by atoms with Crippen LogP contribution >= 0.6 is 0 Å². The van der Waals surface area contributed by atoms with Crippen molar-refractivity contribution < 1.29 is 27.6 Å². The quantitative estimate of drug-likeness (QED) is 0.580. The monoisotopic (exact) mass is 386 g/mol. The lowest BCUT2D eigenvalue weighted by atomic mass is 9.89. The van der Waals surface area contributed by atoms with Crippen molar-refractivity contribution in [2.24, 2.45) is 0 Å². The van der Waals surface area contributed by atoms with E-state index in [9.17, 15) is 27.6 Å². The molecule has 0 spiro atoms. The van der Waals surface area contributed by atoms with Crippen molar-refractivity contribution in [3.8, 4) is 0 Å². The van der Waals surface area contributed by atoms with Crippen LogP contribution in [-0.4, -0.2) is 47.8 Å². The first-order valence-corrected chi connectivity index (χ1v) is 9.94. The highest BCUT2D eigenvalue weighted by atomic mass is 32.2. The van der Waals surface area contributed by atoms with Gasteiger partial charge >= 0.3 is 0 Å². The lowest BCUT2D eigenvalue weighted by Gasteiger charge is -2.18. The first-order valence-electron chi connectivity index (χ1n) is 7.88. The molecule has 1 heterocycles. The number of aromatic nitrogens is 2. The Labute approximate surface area is 154 Å². The van der Waals surface area contributed by atoms with Gasteiger partial charge in [-0.2, -0.15) is 0 Å². The molecule has 0 aliphatic heterocycles. The second kappa shape index (κ2) is 6.58. The summed E-state index contributed by atoms with van der Waals surface area (Å²) in [5, 5.41) is 0. The molecule has 1 aromatic carbocycles. The van der Waals surface area contributed by atoms with Gasteiger partial charge in [0.15, 0.2) is 15.6 Å². The number of fused-ring (bicyclic) bond motifs is 2. The third-order valence-corrected chi connectivity index (χ3v) is 4.81. The molecule has 3 rings (SSSR count). The Morgan fingerprint density at radius 1 is 0.926 bits per heavy atom. The number of rotatable bonds is 5. The molecule has 8 nitrogen and oxygen atoms in total. The van der Waals surface area contributed by atoms with Gasteiger partial charge in [0.2, 0.25) is 17.3 Å². The zero-order valence-corrected chi connectivity index (χ0v) is 15.3. The fourth-order valence-corrected chi connectivity index (χ4v) is 3.47. The predicted octanol–water partition coefficient (Wildman–Crippen LogP) is 0.497. The summed E-state index contributed by atoms with van der Waals surface area (Å²) in [6.45, 7) is 1.08. The number of hydrogen-bond donors (Lipinski definition) is 0. The Kier molecular flexibility index (Phi) is 4.56. The third kappa shape index (κ3) is 3.59. The number of benzene rings is 1. The maximum Gasteiger partial charge on any atom is 0.214 e. The van der Waals surface area contributed by atoms with Crippen molar-refractivity contribution in [1.82, 2.24) is 9.97 Å². The van der Waals surface area contributed by atoms with E-state index in [1.165, 1.54) is 12.1 Å². The number of carbonyl (C=O) groups is 4. The number of ketones is 4. The second-order valence-electron chi connectivity index (χ2n) is 6.24. The SMILES string of the molecule is CC(=O)C(=O)Cc1nc2c(nc1CS(C)(=O)=O)C(=O)c1ccccc1C2=O. The van der Waals surface area contributed by atoms with Crippen molar-refractivity contribution in [1.29, 1.82) is 0 Å². The molecule has 0 bridgehead atoms. The second-order valence-corrected chi connectivity index (χ2v) is 8.38. The van der Waals surface area contributed by atoms with Crippen LogP contribution in [0.25, 0.3) is 0 Å².